The van der Waals surface area contributed by atoms with Crippen LogP contribution in [0.4, 0.5) is 4.79 Å². The molecule has 1 aliphatic rings. The third-order valence-electron chi connectivity index (χ3n) is 2.74. The highest BCUT2D eigenvalue weighted by molar-refractivity contribution is 5.92. The lowest BCUT2D eigenvalue weighted by molar-refractivity contribution is -0.124. The van der Waals surface area contributed by atoms with Gasteiger partial charge >= 0.3 is 6.09 Å². The Bertz CT molecular complexity index is 457. The molecule has 1 fully saturated rings. The SMILES string of the molecule is COc1ccc(C2(C(N)=O)COC(=O)N2)cc1. The maximum absolute atomic E-state index is 11.5. The van der Waals surface area contributed by atoms with Crippen LogP contribution in [0.1, 0.15) is 5.56 Å². The molecule has 0 aliphatic carbocycles. The van der Waals surface area contributed by atoms with Gasteiger partial charge in [0.05, 0.1) is 7.11 Å². The molecule has 1 atom stereocenters. The molecule has 0 aromatic heterocycles. The molecule has 3 N–H and O–H groups in total. The number of benzene rings is 1. The van der Waals surface area contributed by atoms with Crippen molar-refractivity contribution in [2.24, 2.45) is 5.73 Å². The molecule has 1 aromatic carbocycles. The van der Waals surface area contributed by atoms with Gasteiger partial charge in [0.15, 0.2) is 5.54 Å². The highest BCUT2D eigenvalue weighted by atomic mass is 16.6. The van der Waals surface area contributed by atoms with Crippen molar-refractivity contribution in [3.05, 3.63) is 29.8 Å². The van der Waals surface area contributed by atoms with Gasteiger partial charge in [0.2, 0.25) is 0 Å². The second-order valence-corrected chi connectivity index (χ2v) is 3.70. The summed E-state index contributed by atoms with van der Waals surface area (Å²) < 4.78 is 9.77. The van der Waals surface area contributed by atoms with Gasteiger partial charge in [-0.2, -0.15) is 0 Å². The molecule has 1 aromatic rings. The van der Waals surface area contributed by atoms with Crippen LogP contribution in [-0.2, 0) is 15.1 Å². The first-order chi connectivity index (χ1) is 8.08. The Kier molecular flexibility index (Phi) is 2.63. The molecular weight excluding hydrogens is 224 g/mol. The van der Waals surface area contributed by atoms with E-state index in [4.69, 9.17) is 15.2 Å². The van der Waals surface area contributed by atoms with E-state index in [0.717, 1.165) is 0 Å². The third-order valence-corrected chi connectivity index (χ3v) is 2.74. The summed E-state index contributed by atoms with van der Waals surface area (Å²) in [5, 5.41) is 2.44. The molecular formula is C11H12N2O4. The molecule has 0 bridgehead atoms. The Hall–Kier alpha value is -2.24. The number of hydrogen-bond donors (Lipinski definition) is 2. The van der Waals surface area contributed by atoms with E-state index in [1.807, 2.05) is 0 Å². The van der Waals surface area contributed by atoms with Crippen molar-refractivity contribution in [1.29, 1.82) is 0 Å². The van der Waals surface area contributed by atoms with Gasteiger partial charge < -0.3 is 15.2 Å². The molecule has 1 heterocycles. The monoisotopic (exact) mass is 236 g/mol. The lowest BCUT2D eigenvalue weighted by atomic mass is 9.90. The number of alkyl carbamates (subject to hydrolysis) is 1. The summed E-state index contributed by atoms with van der Waals surface area (Å²) in [4.78, 5) is 22.6. The molecule has 2 rings (SSSR count). The summed E-state index contributed by atoms with van der Waals surface area (Å²) in [5.41, 5.74) is 4.61. The van der Waals surface area contributed by atoms with E-state index >= 15 is 0 Å². The maximum atomic E-state index is 11.5. The van der Waals surface area contributed by atoms with E-state index in [0.29, 0.717) is 11.3 Å². The van der Waals surface area contributed by atoms with Crippen LogP contribution < -0.4 is 15.8 Å². The molecule has 0 radical (unpaired) electrons. The fourth-order valence-electron chi connectivity index (χ4n) is 1.73. The highest BCUT2D eigenvalue weighted by Gasteiger charge is 2.46. The first-order valence-electron chi connectivity index (χ1n) is 4.98. The number of nitrogens with two attached hydrogens (primary N) is 1. The van der Waals surface area contributed by atoms with Crippen LogP contribution in [0, 0.1) is 0 Å². The number of rotatable bonds is 3. The normalized spacial score (nSPS) is 22.8. The molecule has 17 heavy (non-hydrogen) atoms. The fraction of sp³-hybridized carbons (Fsp3) is 0.273. The van der Waals surface area contributed by atoms with E-state index in [2.05, 4.69) is 5.32 Å². The lowest BCUT2D eigenvalue weighted by Gasteiger charge is -2.23. The first kappa shape index (κ1) is 11.3. The van der Waals surface area contributed by atoms with Gasteiger partial charge in [-0.15, -0.1) is 0 Å². The van der Waals surface area contributed by atoms with Crippen LogP contribution in [-0.4, -0.2) is 25.7 Å². The van der Waals surface area contributed by atoms with Gasteiger partial charge in [-0.3, -0.25) is 10.1 Å². The number of hydrogen-bond acceptors (Lipinski definition) is 4. The van der Waals surface area contributed by atoms with E-state index in [1.165, 1.54) is 0 Å². The van der Waals surface area contributed by atoms with E-state index in [9.17, 15) is 9.59 Å². The number of carbonyl (C=O) groups is 2. The predicted molar refractivity (Wildman–Crippen MR) is 58.4 cm³/mol. The van der Waals surface area contributed by atoms with Crippen molar-refractivity contribution < 1.29 is 19.1 Å². The summed E-state index contributed by atoms with van der Waals surface area (Å²) in [6.07, 6.45) is -0.653. The molecule has 90 valence electrons. The van der Waals surface area contributed by atoms with Crippen molar-refractivity contribution in [2.75, 3.05) is 13.7 Å². The number of carbonyl (C=O) groups excluding carboxylic acids is 2. The first-order valence-corrected chi connectivity index (χ1v) is 4.98. The molecule has 1 unspecified atom stereocenters. The highest BCUT2D eigenvalue weighted by Crippen LogP contribution is 2.27. The lowest BCUT2D eigenvalue weighted by Crippen LogP contribution is -2.51. The average Bonchev–Trinajstić information content (AvgIpc) is 2.73. The zero-order valence-corrected chi connectivity index (χ0v) is 9.23. The van der Waals surface area contributed by atoms with Crippen LogP contribution in [0.15, 0.2) is 24.3 Å². The Morgan fingerprint density at radius 2 is 2.12 bits per heavy atom. The van der Waals surface area contributed by atoms with Crippen molar-refractivity contribution >= 4 is 12.0 Å². The Morgan fingerprint density at radius 1 is 1.47 bits per heavy atom. The smallest absolute Gasteiger partial charge is 0.408 e. The minimum absolute atomic E-state index is 0.104. The van der Waals surface area contributed by atoms with Crippen LogP contribution in [0.3, 0.4) is 0 Å². The summed E-state index contributed by atoms with van der Waals surface area (Å²) in [5.74, 6) is -0.00729. The van der Waals surface area contributed by atoms with Crippen molar-refractivity contribution in [2.45, 2.75) is 5.54 Å². The van der Waals surface area contributed by atoms with Gasteiger partial charge in [-0.05, 0) is 17.7 Å². The molecule has 6 nitrogen and oxygen atoms in total. The minimum Gasteiger partial charge on any atom is -0.497 e. The maximum Gasteiger partial charge on any atom is 0.408 e. The van der Waals surface area contributed by atoms with Crippen molar-refractivity contribution in [3.8, 4) is 5.75 Å². The third kappa shape index (κ3) is 1.77. The quantitative estimate of drug-likeness (QED) is 0.779. The van der Waals surface area contributed by atoms with Gasteiger partial charge in [-0.25, -0.2) is 4.79 Å². The molecule has 0 spiro atoms. The molecule has 6 heteroatoms. The van der Waals surface area contributed by atoms with Gasteiger partial charge in [0, 0.05) is 0 Å². The second-order valence-electron chi connectivity index (χ2n) is 3.70. The molecule has 0 saturated carbocycles. The average molecular weight is 236 g/mol. The Balaban J connectivity index is 2.39. The van der Waals surface area contributed by atoms with Crippen molar-refractivity contribution in [3.63, 3.8) is 0 Å². The standard InChI is InChI=1S/C11H12N2O4/c1-16-8-4-2-7(3-5-8)11(9(12)14)6-17-10(15)13-11/h2-5H,6H2,1H3,(H2,12,14)(H,13,15). The molecule has 2 amide bonds. The van der Waals surface area contributed by atoms with Gasteiger partial charge in [-0.1, -0.05) is 12.1 Å². The summed E-state index contributed by atoms with van der Waals surface area (Å²) in [7, 11) is 1.54. The molecule has 1 saturated heterocycles. The van der Waals surface area contributed by atoms with Gasteiger partial charge in [0.1, 0.15) is 12.4 Å². The number of amides is 2. The van der Waals surface area contributed by atoms with Crippen LogP contribution in [0.25, 0.3) is 0 Å². The summed E-state index contributed by atoms with van der Waals surface area (Å²) in [6.45, 7) is -0.104. The number of ether oxygens (including phenoxy) is 2. The van der Waals surface area contributed by atoms with Crippen LogP contribution in [0.5, 0.6) is 5.75 Å². The summed E-state index contributed by atoms with van der Waals surface area (Å²) >= 11 is 0. The fourth-order valence-corrected chi connectivity index (χ4v) is 1.73. The number of nitrogens with one attached hydrogen (secondary N) is 1. The predicted octanol–water partition coefficient (Wildman–Crippen LogP) is 0.116. The van der Waals surface area contributed by atoms with Crippen LogP contribution >= 0.6 is 0 Å². The Labute approximate surface area is 97.7 Å². The number of methoxy groups -OCH3 is 1. The Morgan fingerprint density at radius 3 is 2.53 bits per heavy atom. The minimum atomic E-state index is -1.29. The van der Waals surface area contributed by atoms with Crippen molar-refractivity contribution in [1.82, 2.24) is 5.32 Å². The number of primary amides is 1. The largest absolute Gasteiger partial charge is 0.497 e. The topological polar surface area (TPSA) is 90.7 Å². The van der Waals surface area contributed by atoms with E-state index in [1.54, 1.807) is 31.4 Å². The molecule has 1 aliphatic heterocycles. The zero-order chi connectivity index (χ0) is 12.5. The number of cyclic esters (lactones) is 1. The zero-order valence-electron chi connectivity index (χ0n) is 9.23. The van der Waals surface area contributed by atoms with Crippen LogP contribution in [0.2, 0.25) is 0 Å². The van der Waals surface area contributed by atoms with E-state index in [-0.39, 0.29) is 6.61 Å². The summed E-state index contributed by atoms with van der Waals surface area (Å²) in [6, 6.07) is 6.70. The second kappa shape index (κ2) is 3.97. The van der Waals surface area contributed by atoms with Gasteiger partial charge in [0.25, 0.3) is 5.91 Å². The van der Waals surface area contributed by atoms with E-state index < -0.39 is 17.5 Å².